The number of aliphatic hydroxyl groups is 2. The predicted octanol–water partition coefficient (Wildman–Crippen LogP) is 8.39. The molecule has 2 atom stereocenters. The van der Waals surface area contributed by atoms with Crippen LogP contribution in [0, 0.1) is 0 Å². The molecule has 4 heteroatoms. The van der Waals surface area contributed by atoms with Crippen molar-refractivity contribution in [3.63, 3.8) is 0 Å². The summed E-state index contributed by atoms with van der Waals surface area (Å²) in [5.74, 6) is -0.118. The minimum Gasteiger partial charge on any atom is -0.394 e. The lowest BCUT2D eigenvalue weighted by molar-refractivity contribution is -0.122. The smallest absolute Gasteiger partial charge is 0.220 e. The number of hydrogen-bond donors (Lipinski definition) is 3. The van der Waals surface area contributed by atoms with E-state index in [4.69, 9.17) is 0 Å². The van der Waals surface area contributed by atoms with Crippen LogP contribution < -0.4 is 5.32 Å². The Bertz CT molecular complexity index is 466. The number of amides is 1. The van der Waals surface area contributed by atoms with E-state index in [9.17, 15) is 15.0 Å². The molecule has 0 aromatic carbocycles. The van der Waals surface area contributed by atoms with Gasteiger partial charge in [-0.3, -0.25) is 4.79 Å². The molecule has 3 N–H and O–H groups in total. The topological polar surface area (TPSA) is 69.6 Å². The first kappa shape index (κ1) is 34.1. The number of unbranched alkanes of at least 4 members (excludes halogenated alkanes) is 20. The number of carbonyl (C=O) groups excluding carboxylic acids is 1. The van der Waals surface area contributed by atoms with Crippen LogP contribution in [0.3, 0.4) is 0 Å². The highest BCUT2D eigenvalue weighted by atomic mass is 16.3. The first-order chi connectivity index (χ1) is 17.2. The Morgan fingerprint density at radius 3 is 1.43 bits per heavy atom. The summed E-state index contributed by atoms with van der Waals surface area (Å²) in [5, 5.41) is 22.2. The van der Waals surface area contributed by atoms with Gasteiger partial charge in [-0.1, -0.05) is 148 Å². The fourth-order valence-corrected chi connectivity index (χ4v) is 4.63. The molecule has 0 rings (SSSR count). The molecule has 0 fully saturated rings. The zero-order chi connectivity index (χ0) is 25.8. The van der Waals surface area contributed by atoms with E-state index in [-0.39, 0.29) is 12.5 Å². The van der Waals surface area contributed by atoms with Crippen LogP contribution in [0.25, 0.3) is 0 Å². The zero-order valence-electron chi connectivity index (χ0n) is 23.6. The third-order valence-corrected chi connectivity index (χ3v) is 6.99. The second-order valence-corrected chi connectivity index (χ2v) is 10.5. The first-order valence-corrected chi connectivity index (χ1v) is 15.4. The minimum absolute atomic E-state index is 0.118. The van der Waals surface area contributed by atoms with Gasteiger partial charge < -0.3 is 15.5 Å². The highest BCUT2D eigenvalue weighted by Crippen LogP contribution is 2.15. The van der Waals surface area contributed by atoms with Gasteiger partial charge in [0, 0.05) is 6.42 Å². The zero-order valence-corrected chi connectivity index (χ0v) is 23.6. The fraction of sp³-hybridized carbons (Fsp3) is 0.903. The summed E-state index contributed by atoms with van der Waals surface area (Å²) < 4.78 is 0. The van der Waals surface area contributed by atoms with Crippen LogP contribution in [-0.2, 0) is 4.79 Å². The van der Waals surface area contributed by atoms with Crippen molar-refractivity contribution >= 4 is 5.91 Å². The number of hydrogen-bond acceptors (Lipinski definition) is 3. The van der Waals surface area contributed by atoms with Crippen LogP contribution in [0.4, 0.5) is 0 Å². The molecular weight excluding hydrogens is 434 g/mol. The molecule has 0 aliphatic rings. The molecule has 0 spiro atoms. The number of nitrogens with one attached hydrogen (secondary N) is 1. The average molecular weight is 496 g/mol. The van der Waals surface area contributed by atoms with Crippen molar-refractivity contribution in [2.24, 2.45) is 0 Å². The average Bonchev–Trinajstić information content (AvgIpc) is 2.85. The van der Waals surface area contributed by atoms with E-state index in [1.165, 1.54) is 122 Å². The second-order valence-electron chi connectivity index (χ2n) is 10.5. The Balaban J connectivity index is 3.36. The first-order valence-electron chi connectivity index (χ1n) is 15.4. The monoisotopic (exact) mass is 495 g/mol. The highest BCUT2D eigenvalue weighted by molar-refractivity contribution is 5.76. The van der Waals surface area contributed by atoms with Gasteiger partial charge in [-0.15, -0.1) is 0 Å². The molecule has 35 heavy (non-hydrogen) atoms. The quantitative estimate of drug-likeness (QED) is 0.0791. The van der Waals surface area contributed by atoms with Crippen molar-refractivity contribution in [1.29, 1.82) is 0 Å². The summed E-state index contributed by atoms with van der Waals surface area (Å²) in [4.78, 5) is 11.6. The van der Waals surface area contributed by atoms with E-state index in [0.29, 0.717) is 6.42 Å². The summed E-state index contributed by atoms with van der Waals surface area (Å²) in [6, 6.07) is -0.611. The summed E-state index contributed by atoms with van der Waals surface area (Å²) in [7, 11) is 0. The third kappa shape index (κ3) is 24.6. The highest BCUT2D eigenvalue weighted by Gasteiger charge is 2.17. The van der Waals surface area contributed by atoms with Gasteiger partial charge in [-0.2, -0.15) is 0 Å². The standard InChI is InChI=1S/C31H61NO3/c1-3-5-6-7-8-9-10-11-12-13-14-15-16-17-18-19-20-21-22-23-24-25-27-30(34)29(28-33)32-31(35)26-4-2/h25,27,29-30,33-34H,3-24,26,28H2,1-2H3,(H,32,35)/b27-25+. The number of carbonyl (C=O) groups is 1. The normalized spacial score (nSPS) is 13.4. The van der Waals surface area contributed by atoms with Gasteiger partial charge in [-0.05, 0) is 19.3 Å². The van der Waals surface area contributed by atoms with Crippen molar-refractivity contribution in [3.8, 4) is 0 Å². The molecule has 0 bridgehead atoms. The Labute approximate surface area is 218 Å². The van der Waals surface area contributed by atoms with Crippen molar-refractivity contribution in [2.45, 2.75) is 174 Å². The maximum Gasteiger partial charge on any atom is 0.220 e. The molecule has 0 heterocycles. The molecule has 0 aromatic rings. The van der Waals surface area contributed by atoms with E-state index in [1.54, 1.807) is 6.08 Å². The molecule has 0 aromatic heterocycles. The molecule has 0 radical (unpaired) electrons. The van der Waals surface area contributed by atoms with Gasteiger partial charge in [0.1, 0.15) is 0 Å². The van der Waals surface area contributed by atoms with Gasteiger partial charge in [0.25, 0.3) is 0 Å². The molecule has 0 aliphatic carbocycles. The van der Waals surface area contributed by atoms with Crippen LogP contribution in [0.1, 0.15) is 162 Å². The van der Waals surface area contributed by atoms with Crippen LogP contribution in [0.2, 0.25) is 0 Å². The van der Waals surface area contributed by atoms with Crippen molar-refractivity contribution in [3.05, 3.63) is 12.2 Å². The van der Waals surface area contributed by atoms with Crippen molar-refractivity contribution in [1.82, 2.24) is 5.32 Å². The van der Waals surface area contributed by atoms with Crippen LogP contribution in [0.5, 0.6) is 0 Å². The van der Waals surface area contributed by atoms with Gasteiger partial charge in [0.15, 0.2) is 0 Å². The number of allylic oxidation sites excluding steroid dienone is 1. The maximum absolute atomic E-state index is 11.6. The van der Waals surface area contributed by atoms with Crippen molar-refractivity contribution in [2.75, 3.05) is 6.61 Å². The van der Waals surface area contributed by atoms with E-state index in [0.717, 1.165) is 19.3 Å². The van der Waals surface area contributed by atoms with Gasteiger partial charge in [0.05, 0.1) is 18.8 Å². The largest absolute Gasteiger partial charge is 0.394 e. The molecule has 1 amide bonds. The lowest BCUT2D eigenvalue weighted by atomic mass is 10.0. The third-order valence-electron chi connectivity index (χ3n) is 6.99. The van der Waals surface area contributed by atoms with E-state index < -0.39 is 12.1 Å². The van der Waals surface area contributed by atoms with Crippen molar-refractivity contribution < 1.29 is 15.0 Å². The van der Waals surface area contributed by atoms with Gasteiger partial charge in [0.2, 0.25) is 5.91 Å². The van der Waals surface area contributed by atoms with Gasteiger partial charge in [-0.25, -0.2) is 0 Å². The predicted molar refractivity (Wildman–Crippen MR) is 152 cm³/mol. The SMILES string of the molecule is CCCCCCCCCCCCCCCCCCCCCC/C=C/C(O)C(CO)NC(=O)CCC. The summed E-state index contributed by atoms with van der Waals surface area (Å²) >= 11 is 0. The van der Waals surface area contributed by atoms with Crippen LogP contribution in [-0.4, -0.2) is 34.9 Å². The van der Waals surface area contributed by atoms with Crippen LogP contribution in [0.15, 0.2) is 12.2 Å². The molecule has 4 nitrogen and oxygen atoms in total. The molecule has 0 saturated heterocycles. The van der Waals surface area contributed by atoms with Crippen LogP contribution >= 0.6 is 0 Å². The van der Waals surface area contributed by atoms with Gasteiger partial charge >= 0.3 is 0 Å². The molecule has 208 valence electrons. The molecule has 0 aliphatic heterocycles. The van der Waals surface area contributed by atoms with E-state index in [1.807, 2.05) is 13.0 Å². The second kappa shape index (κ2) is 27.7. The maximum atomic E-state index is 11.6. The fourth-order valence-electron chi connectivity index (χ4n) is 4.63. The minimum atomic E-state index is -0.828. The van der Waals surface area contributed by atoms with E-state index in [2.05, 4.69) is 12.2 Å². The Kier molecular flexibility index (Phi) is 27.0. The number of rotatable bonds is 27. The molecule has 2 unspecified atom stereocenters. The number of aliphatic hydroxyl groups excluding tert-OH is 2. The Morgan fingerprint density at radius 1 is 0.657 bits per heavy atom. The Morgan fingerprint density at radius 2 is 1.06 bits per heavy atom. The molecule has 0 saturated carbocycles. The molecular formula is C31H61NO3. The van der Waals surface area contributed by atoms with E-state index >= 15 is 0 Å². The lowest BCUT2D eigenvalue weighted by Gasteiger charge is -2.19. The summed E-state index contributed by atoms with van der Waals surface area (Å²) in [6.45, 7) is 3.97. The lowest BCUT2D eigenvalue weighted by Crippen LogP contribution is -2.45. The summed E-state index contributed by atoms with van der Waals surface area (Å²) in [5.41, 5.74) is 0. The summed E-state index contributed by atoms with van der Waals surface area (Å²) in [6.07, 6.45) is 32.8. The Hall–Kier alpha value is -0.870.